The smallest absolute Gasteiger partial charge is 0.302 e. The molecule has 0 spiro atoms. The molecule has 0 heterocycles. The molecule has 0 unspecified atom stereocenters. The molecule has 25 heavy (non-hydrogen) atoms. The van der Waals surface area contributed by atoms with Gasteiger partial charge in [0.05, 0.1) is 0 Å². The van der Waals surface area contributed by atoms with Crippen molar-refractivity contribution < 1.29 is 31.5 Å². The zero-order valence-electron chi connectivity index (χ0n) is 13.5. The van der Waals surface area contributed by atoms with Crippen molar-refractivity contribution in [1.82, 2.24) is 0 Å². The first-order valence-corrected chi connectivity index (χ1v) is 7.87. The fourth-order valence-corrected chi connectivity index (χ4v) is 2.58. The Morgan fingerprint density at radius 2 is 1.44 bits per heavy atom. The van der Waals surface area contributed by atoms with Crippen molar-refractivity contribution in [3.63, 3.8) is 0 Å². The summed E-state index contributed by atoms with van der Waals surface area (Å²) in [6.07, 6.45) is 0. The predicted octanol–water partition coefficient (Wildman–Crippen LogP) is 4.19. The van der Waals surface area contributed by atoms with E-state index in [4.69, 9.17) is 13.9 Å². The van der Waals surface area contributed by atoms with Crippen molar-refractivity contribution in [1.29, 1.82) is 0 Å². The molecule has 2 aromatic carbocycles. The van der Waals surface area contributed by atoms with Crippen molar-refractivity contribution in [3.05, 3.63) is 59.2 Å². The van der Waals surface area contributed by atoms with E-state index in [0.29, 0.717) is 11.6 Å². The van der Waals surface area contributed by atoms with Crippen LogP contribution in [0.15, 0.2) is 30.3 Å². The number of rotatable bonds is 7. The van der Waals surface area contributed by atoms with E-state index >= 15 is 0 Å². The first kappa shape index (κ1) is 19.6. The standard InChI is InChI=1S/C17H15F4O3Si/c1-3-22-17(24-25,23-4-2)11-7-5-10(6-8-11)12-9-13(18)15(20)16(21)14(12)19/h5-9H,3-4H2,1-2H3. The van der Waals surface area contributed by atoms with Crippen LogP contribution in [0.4, 0.5) is 17.6 Å². The lowest BCUT2D eigenvalue weighted by Gasteiger charge is -2.31. The minimum absolute atomic E-state index is 0.148. The van der Waals surface area contributed by atoms with Gasteiger partial charge in [-0.3, -0.25) is 0 Å². The molecule has 0 saturated carbocycles. The third-order valence-electron chi connectivity index (χ3n) is 3.46. The second-order valence-electron chi connectivity index (χ2n) is 4.95. The van der Waals surface area contributed by atoms with Gasteiger partial charge in [0.15, 0.2) is 23.3 Å². The van der Waals surface area contributed by atoms with Crippen LogP contribution in [0.5, 0.6) is 0 Å². The van der Waals surface area contributed by atoms with Gasteiger partial charge >= 0.3 is 5.97 Å². The SMILES string of the molecule is CCOC(O[Si])(OCC)c1ccc(-c2cc(F)c(F)c(F)c2F)cc1. The van der Waals surface area contributed by atoms with Gasteiger partial charge in [0.1, 0.15) is 0 Å². The highest BCUT2D eigenvalue weighted by Crippen LogP contribution is 2.32. The summed E-state index contributed by atoms with van der Waals surface area (Å²) in [6, 6.07) is 6.35. The number of benzene rings is 2. The highest BCUT2D eigenvalue weighted by atomic mass is 28.2. The lowest BCUT2D eigenvalue weighted by atomic mass is 10.0. The maximum atomic E-state index is 13.9. The minimum atomic E-state index is -1.86. The lowest BCUT2D eigenvalue weighted by Crippen LogP contribution is -2.35. The zero-order valence-corrected chi connectivity index (χ0v) is 14.5. The van der Waals surface area contributed by atoms with E-state index in [9.17, 15) is 17.6 Å². The quantitative estimate of drug-likeness (QED) is 0.240. The Bertz CT molecular complexity index is 732. The molecule has 0 fully saturated rings. The average molecular weight is 371 g/mol. The van der Waals surface area contributed by atoms with Crippen LogP contribution in [0.25, 0.3) is 11.1 Å². The number of halogens is 4. The molecule has 0 bridgehead atoms. The maximum Gasteiger partial charge on any atom is 0.302 e. The summed E-state index contributed by atoms with van der Waals surface area (Å²) < 4.78 is 69.9. The molecule has 133 valence electrons. The van der Waals surface area contributed by atoms with E-state index < -0.39 is 34.8 Å². The molecule has 0 N–H and O–H groups in total. The van der Waals surface area contributed by atoms with Crippen LogP contribution in [-0.4, -0.2) is 23.7 Å². The summed E-state index contributed by atoms with van der Waals surface area (Å²) in [5.74, 6) is -8.18. The summed E-state index contributed by atoms with van der Waals surface area (Å²) in [4.78, 5) is 0. The molecule has 0 atom stereocenters. The molecule has 3 nitrogen and oxygen atoms in total. The van der Waals surface area contributed by atoms with Gasteiger partial charge in [-0.1, -0.05) is 24.3 Å². The second kappa shape index (κ2) is 8.09. The van der Waals surface area contributed by atoms with Crippen LogP contribution in [-0.2, 0) is 19.9 Å². The van der Waals surface area contributed by atoms with Gasteiger partial charge in [-0.15, -0.1) is 0 Å². The molecule has 2 rings (SSSR count). The summed E-state index contributed by atoms with van der Waals surface area (Å²) in [7, 11) is 2.92. The molecule has 3 radical (unpaired) electrons. The van der Waals surface area contributed by atoms with Crippen molar-refractivity contribution in [2.45, 2.75) is 19.8 Å². The van der Waals surface area contributed by atoms with Crippen LogP contribution >= 0.6 is 0 Å². The summed E-state index contributed by atoms with van der Waals surface area (Å²) in [6.45, 7) is 4.03. The normalized spacial score (nSPS) is 11.8. The first-order chi connectivity index (χ1) is 11.9. The first-order valence-electron chi connectivity index (χ1n) is 7.46. The van der Waals surface area contributed by atoms with Crippen molar-refractivity contribution >= 4 is 10.5 Å². The summed E-state index contributed by atoms with van der Waals surface area (Å²) >= 11 is 0. The Hall–Kier alpha value is -1.74. The average Bonchev–Trinajstić information content (AvgIpc) is 2.63. The monoisotopic (exact) mass is 371 g/mol. The summed E-state index contributed by atoms with van der Waals surface area (Å²) in [5.41, 5.74) is 0.175. The van der Waals surface area contributed by atoms with Crippen LogP contribution in [0.1, 0.15) is 19.4 Å². The van der Waals surface area contributed by atoms with Gasteiger partial charge in [0.25, 0.3) is 10.5 Å². The van der Waals surface area contributed by atoms with Gasteiger partial charge in [0.2, 0.25) is 0 Å². The highest BCUT2D eigenvalue weighted by Gasteiger charge is 2.34. The van der Waals surface area contributed by atoms with E-state index in [1.165, 1.54) is 24.3 Å². The number of hydrogen-bond donors (Lipinski definition) is 0. The molecule has 0 aliphatic carbocycles. The van der Waals surface area contributed by atoms with Crippen molar-refractivity contribution in [2.75, 3.05) is 13.2 Å². The van der Waals surface area contributed by atoms with Gasteiger partial charge in [-0.05, 0) is 25.5 Å². The molecule has 2 aromatic rings. The largest absolute Gasteiger partial charge is 0.367 e. The van der Waals surface area contributed by atoms with E-state index in [0.717, 1.165) is 0 Å². The zero-order chi connectivity index (χ0) is 18.6. The van der Waals surface area contributed by atoms with Crippen molar-refractivity contribution in [3.8, 4) is 11.1 Å². The molecular formula is C17H15F4O3Si. The third-order valence-corrected chi connectivity index (χ3v) is 3.72. The van der Waals surface area contributed by atoms with Crippen LogP contribution in [0, 0.1) is 23.3 Å². The Morgan fingerprint density at radius 3 is 1.92 bits per heavy atom. The molecule has 0 aromatic heterocycles. The van der Waals surface area contributed by atoms with Crippen LogP contribution < -0.4 is 0 Å². The van der Waals surface area contributed by atoms with Gasteiger partial charge in [0, 0.05) is 24.3 Å². The molecular weight excluding hydrogens is 356 g/mol. The van der Waals surface area contributed by atoms with E-state index in [2.05, 4.69) is 10.5 Å². The number of ether oxygens (including phenoxy) is 2. The molecule has 0 aliphatic rings. The van der Waals surface area contributed by atoms with Gasteiger partial charge in [-0.25, -0.2) is 17.6 Å². The third kappa shape index (κ3) is 3.76. The molecule has 0 amide bonds. The Kier molecular flexibility index (Phi) is 6.34. The van der Waals surface area contributed by atoms with Crippen LogP contribution in [0.3, 0.4) is 0 Å². The molecule has 0 saturated heterocycles. The Morgan fingerprint density at radius 1 is 0.880 bits per heavy atom. The second-order valence-corrected chi connectivity index (χ2v) is 5.15. The topological polar surface area (TPSA) is 27.7 Å². The predicted molar refractivity (Wildman–Crippen MR) is 83.5 cm³/mol. The van der Waals surface area contributed by atoms with E-state index in [1.807, 2.05) is 0 Å². The molecule has 8 heteroatoms. The highest BCUT2D eigenvalue weighted by molar-refractivity contribution is 5.98. The maximum absolute atomic E-state index is 13.9. The number of hydrogen-bond acceptors (Lipinski definition) is 3. The van der Waals surface area contributed by atoms with Gasteiger partial charge < -0.3 is 13.9 Å². The van der Waals surface area contributed by atoms with E-state index in [-0.39, 0.29) is 18.8 Å². The summed E-state index contributed by atoms with van der Waals surface area (Å²) in [5, 5.41) is 0. The minimum Gasteiger partial charge on any atom is -0.367 e. The van der Waals surface area contributed by atoms with E-state index in [1.54, 1.807) is 13.8 Å². The van der Waals surface area contributed by atoms with Crippen LogP contribution in [0.2, 0.25) is 0 Å². The fraction of sp³-hybridized carbons (Fsp3) is 0.294. The molecule has 0 aliphatic heterocycles. The van der Waals surface area contributed by atoms with Crippen molar-refractivity contribution in [2.24, 2.45) is 0 Å². The lowest BCUT2D eigenvalue weighted by molar-refractivity contribution is -0.352. The Balaban J connectivity index is 2.46. The van der Waals surface area contributed by atoms with Gasteiger partial charge in [-0.2, -0.15) is 0 Å². The Labute approximate surface area is 146 Å². The fourth-order valence-electron chi connectivity index (χ4n) is 2.34.